The van der Waals surface area contributed by atoms with E-state index in [4.69, 9.17) is 19.6 Å². The van der Waals surface area contributed by atoms with Crippen LogP contribution in [-0.4, -0.2) is 117 Å². The van der Waals surface area contributed by atoms with Crippen LogP contribution in [0.1, 0.15) is 56.3 Å². The smallest absolute Gasteiger partial charge is 0.219 e. The summed E-state index contributed by atoms with van der Waals surface area (Å²) in [4.78, 5) is 4.76. The van der Waals surface area contributed by atoms with Crippen molar-refractivity contribution in [2.45, 2.75) is 69.9 Å². The summed E-state index contributed by atoms with van der Waals surface area (Å²) in [5.74, 6) is 3.31. The van der Waals surface area contributed by atoms with Gasteiger partial charge in [-0.05, 0) is 81.6 Å². The first kappa shape index (κ1) is 33.0. The van der Waals surface area contributed by atoms with E-state index in [0.29, 0.717) is 25.7 Å². The van der Waals surface area contributed by atoms with Crippen molar-refractivity contribution in [1.29, 1.82) is 0 Å². The Bertz CT molecular complexity index is 1520. The van der Waals surface area contributed by atoms with Gasteiger partial charge in [-0.3, -0.25) is 4.40 Å². The summed E-state index contributed by atoms with van der Waals surface area (Å²) in [7, 11) is -4.73. The largest absolute Gasteiger partial charge is 0.364 e. The lowest BCUT2D eigenvalue weighted by Gasteiger charge is -2.30. The Balaban J connectivity index is 1.41. The minimum Gasteiger partial charge on any atom is -0.364 e. The van der Waals surface area contributed by atoms with Crippen molar-refractivity contribution < 1.29 is 17.9 Å². The first-order chi connectivity index (χ1) is 20.2. The van der Waals surface area contributed by atoms with Crippen LogP contribution in [0.3, 0.4) is 0 Å². The van der Waals surface area contributed by atoms with Crippen molar-refractivity contribution in [1.82, 2.24) is 28.5 Å². The standard InChI is InChI=1S/C30H52N6O4S3/c1-9-23-16-24(35(43(37,38)25-10-11-25)21-40-13-15-42(6,7)8)17-26(23)29-33-32-27-18-31-30-28(36(27)29)22(2)19-34(30)20-39-12-14-41(3,4)5/h18-19,23-26H,9-17,20-21H2,1-8H3/t23-,24+,26+/m1/s1. The van der Waals surface area contributed by atoms with E-state index in [-0.39, 0.29) is 23.9 Å². The van der Waals surface area contributed by atoms with Crippen molar-refractivity contribution in [2.75, 3.05) is 69.0 Å². The van der Waals surface area contributed by atoms with Gasteiger partial charge in [-0.2, -0.15) is 4.31 Å². The Labute approximate surface area is 261 Å². The molecule has 0 aliphatic heterocycles. The van der Waals surface area contributed by atoms with Gasteiger partial charge in [0.2, 0.25) is 10.0 Å². The Hall–Kier alpha value is -1.38. The molecular weight excluding hydrogens is 605 g/mol. The van der Waals surface area contributed by atoms with E-state index < -0.39 is 30.1 Å². The molecule has 13 heteroatoms. The highest BCUT2D eigenvalue weighted by molar-refractivity contribution is 8.32. The van der Waals surface area contributed by atoms with Crippen LogP contribution in [0.15, 0.2) is 12.4 Å². The van der Waals surface area contributed by atoms with Crippen LogP contribution in [0.5, 0.6) is 0 Å². The first-order valence-corrected chi connectivity index (χ1v) is 22.9. The van der Waals surface area contributed by atoms with E-state index in [0.717, 1.165) is 72.0 Å². The van der Waals surface area contributed by atoms with E-state index in [2.05, 4.69) is 71.6 Å². The molecular formula is C30H52N6O4S3. The summed E-state index contributed by atoms with van der Waals surface area (Å²) in [6.07, 6.45) is 21.5. The van der Waals surface area contributed by atoms with Gasteiger partial charge in [0.25, 0.3) is 0 Å². The lowest BCUT2D eigenvalue weighted by atomic mass is 9.93. The lowest BCUT2D eigenvalue weighted by molar-refractivity contribution is 0.0630. The number of nitrogens with zero attached hydrogens (tertiary/aromatic N) is 6. The van der Waals surface area contributed by atoms with E-state index >= 15 is 0 Å². The normalized spacial score (nSPS) is 22.8. The van der Waals surface area contributed by atoms with Crippen LogP contribution in [0.4, 0.5) is 0 Å². The number of fused-ring (bicyclic) bond motifs is 3. The van der Waals surface area contributed by atoms with Crippen LogP contribution in [0.25, 0.3) is 16.8 Å². The predicted octanol–water partition coefficient (Wildman–Crippen LogP) is 4.79. The molecule has 43 heavy (non-hydrogen) atoms. The van der Waals surface area contributed by atoms with Gasteiger partial charge in [0, 0.05) is 29.7 Å². The van der Waals surface area contributed by atoms with Gasteiger partial charge in [0.05, 0.1) is 30.2 Å². The molecule has 10 nitrogen and oxygen atoms in total. The first-order valence-electron chi connectivity index (χ1n) is 15.4. The highest BCUT2D eigenvalue weighted by Crippen LogP contribution is 2.46. The molecule has 3 heterocycles. The van der Waals surface area contributed by atoms with Crippen molar-refractivity contribution in [3.05, 3.63) is 23.8 Å². The molecule has 0 aromatic carbocycles. The van der Waals surface area contributed by atoms with Crippen LogP contribution < -0.4 is 0 Å². The molecule has 2 saturated carbocycles. The van der Waals surface area contributed by atoms with Crippen LogP contribution in [0.2, 0.25) is 0 Å². The Morgan fingerprint density at radius 1 is 0.977 bits per heavy atom. The molecule has 3 atom stereocenters. The average Bonchev–Trinajstić information content (AvgIpc) is 3.46. The van der Waals surface area contributed by atoms with E-state index in [9.17, 15) is 8.42 Å². The fourth-order valence-corrected chi connectivity index (χ4v) is 9.30. The van der Waals surface area contributed by atoms with Gasteiger partial charge in [0.15, 0.2) is 11.3 Å². The van der Waals surface area contributed by atoms with E-state index in [1.807, 2.05) is 0 Å². The fourth-order valence-electron chi connectivity index (χ4n) is 6.14. The number of aromatic nitrogens is 5. The molecule has 0 unspecified atom stereocenters. The van der Waals surface area contributed by atoms with Crippen molar-refractivity contribution in [3.63, 3.8) is 0 Å². The highest BCUT2D eigenvalue weighted by Gasteiger charge is 2.47. The topological polar surface area (TPSA) is 104 Å². The molecule has 2 aliphatic carbocycles. The van der Waals surface area contributed by atoms with Crippen LogP contribution >= 0.6 is 20.1 Å². The third kappa shape index (κ3) is 7.54. The summed E-state index contributed by atoms with van der Waals surface area (Å²) in [5, 5.41) is 8.99. The zero-order chi connectivity index (χ0) is 31.2. The molecule has 0 radical (unpaired) electrons. The zero-order valence-electron chi connectivity index (χ0n) is 27.3. The monoisotopic (exact) mass is 656 g/mol. The number of hydrogen-bond acceptors (Lipinski definition) is 7. The summed E-state index contributed by atoms with van der Waals surface area (Å²) in [6, 6.07) is -0.115. The van der Waals surface area contributed by atoms with Gasteiger partial charge in [0.1, 0.15) is 19.3 Å². The second-order valence-electron chi connectivity index (χ2n) is 14.2. The maximum absolute atomic E-state index is 13.7. The van der Waals surface area contributed by atoms with Crippen LogP contribution in [0, 0.1) is 12.8 Å². The summed E-state index contributed by atoms with van der Waals surface area (Å²) in [5.41, 5.74) is 3.66. The molecule has 0 spiro atoms. The molecule has 0 bridgehead atoms. The number of rotatable bonds is 15. The summed E-state index contributed by atoms with van der Waals surface area (Å²) >= 11 is 0. The minimum absolute atomic E-state index is 0.0836. The van der Waals surface area contributed by atoms with Crippen molar-refractivity contribution in [2.24, 2.45) is 5.92 Å². The SMILES string of the molecule is CC[C@@H]1C[C@H](N(COCCS(C)(C)C)S(=O)(=O)C2CC2)C[C@@H]1c1nnc2cnc3c(c(C)cn3COCCS(C)(C)C)n12. The van der Waals surface area contributed by atoms with Crippen LogP contribution in [-0.2, 0) is 26.2 Å². The molecule has 0 saturated heterocycles. The summed E-state index contributed by atoms with van der Waals surface area (Å²) < 4.78 is 45.4. The molecule has 3 aromatic rings. The number of ether oxygens (including phenoxy) is 2. The van der Waals surface area contributed by atoms with Gasteiger partial charge < -0.3 is 14.0 Å². The molecule has 2 fully saturated rings. The van der Waals surface area contributed by atoms with E-state index in [1.165, 1.54) is 0 Å². The predicted molar refractivity (Wildman–Crippen MR) is 182 cm³/mol. The maximum atomic E-state index is 13.7. The van der Waals surface area contributed by atoms with Crippen molar-refractivity contribution in [3.8, 4) is 0 Å². The summed E-state index contributed by atoms with van der Waals surface area (Å²) in [6.45, 7) is 6.18. The molecule has 5 rings (SSSR count). The zero-order valence-corrected chi connectivity index (χ0v) is 29.7. The quantitative estimate of drug-likeness (QED) is 0.171. The molecule has 0 amide bonds. The Morgan fingerprint density at radius 2 is 1.65 bits per heavy atom. The molecule has 244 valence electrons. The van der Waals surface area contributed by atoms with Gasteiger partial charge in [-0.15, -0.1) is 10.2 Å². The maximum Gasteiger partial charge on any atom is 0.219 e. The highest BCUT2D eigenvalue weighted by atomic mass is 32.3. The number of sulfonamides is 1. The third-order valence-electron chi connectivity index (χ3n) is 8.78. The number of hydrogen-bond donors (Lipinski definition) is 0. The average molecular weight is 657 g/mol. The third-order valence-corrected chi connectivity index (χ3v) is 13.9. The second-order valence-corrected chi connectivity index (χ2v) is 25.5. The minimum atomic E-state index is -3.41. The second kappa shape index (κ2) is 12.8. The number of aryl methyl sites for hydroxylation is 1. The van der Waals surface area contributed by atoms with Gasteiger partial charge >= 0.3 is 0 Å². The van der Waals surface area contributed by atoms with E-state index in [1.54, 1.807) is 10.5 Å². The Morgan fingerprint density at radius 3 is 2.28 bits per heavy atom. The van der Waals surface area contributed by atoms with Gasteiger partial charge in [-0.1, -0.05) is 13.3 Å². The molecule has 3 aromatic heterocycles. The molecule has 0 N–H and O–H groups in total. The fraction of sp³-hybridized carbons (Fsp3) is 0.767. The molecule has 2 aliphatic rings. The lowest BCUT2D eigenvalue weighted by Crippen LogP contribution is -2.42. The Kier molecular flexibility index (Phi) is 9.81. The van der Waals surface area contributed by atoms with Crippen molar-refractivity contribution >= 4 is 46.9 Å². The van der Waals surface area contributed by atoms with Gasteiger partial charge in [-0.25, -0.2) is 33.5 Å².